The van der Waals surface area contributed by atoms with Crippen LogP contribution in [-0.4, -0.2) is 21.3 Å². The summed E-state index contributed by atoms with van der Waals surface area (Å²) in [7, 11) is 0. The summed E-state index contributed by atoms with van der Waals surface area (Å²) >= 11 is 1.62. The number of aromatic nitrogens is 2. The number of nitrogens with one attached hydrogen (secondary N) is 2. The number of fused-ring (bicyclic) bond motifs is 1. The predicted molar refractivity (Wildman–Crippen MR) is 98.5 cm³/mol. The Bertz CT molecular complexity index is 823. The molecule has 0 aliphatic heterocycles. The molecular formula is C18H22N4OS. The average molecular weight is 342 g/mol. The van der Waals surface area contributed by atoms with Crippen LogP contribution in [0.15, 0.2) is 36.0 Å². The fourth-order valence-electron chi connectivity index (χ4n) is 2.65. The smallest absolute Gasteiger partial charge is 0.225 e. The fourth-order valence-corrected chi connectivity index (χ4v) is 3.36. The number of carbonyl (C=O) groups is 1. The van der Waals surface area contributed by atoms with Crippen molar-refractivity contribution in [2.75, 3.05) is 5.32 Å². The van der Waals surface area contributed by atoms with Crippen LogP contribution >= 0.6 is 11.3 Å². The molecule has 0 bridgehead atoms. The van der Waals surface area contributed by atoms with E-state index in [-0.39, 0.29) is 11.9 Å². The van der Waals surface area contributed by atoms with Gasteiger partial charge in [0.1, 0.15) is 0 Å². The minimum absolute atomic E-state index is 0.0211. The number of carbonyl (C=O) groups excluding carboxylic acids is 1. The molecule has 0 radical (unpaired) electrons. The van der Waals surface area contributed by atoms with Crippen LogP contribution in [0.4, 0.5) is 5.69 Å². The second kappa shape index (κ2) is 7.15. The molecule has 0 spiro atoms. The number of hydrogen-bond donors (Lipinski definition) is 2. The van der Waals surface area contributed by atoms with Gasteiger partial charge >= 0.3 is 0 Å². The third-order valence-corrected chi connectivity index (χ3v) is 4.69. The average Bonchev–Trinajstić information content (AvgIpc) is 3.09. The van der Waals surface area contributed by atoms with Gasteiger partial charge in [0.05, 0.1) is 5.69 Å². The van der Waals surface area contributed by atoms with E-state index in [2.05, 4.69) is 21.7 Å². The van der Waals surface area contributed by atoms with Gasteiger partial charge in [-0.05, 0) is 32.4 Å². The van der Waals surface area contributed by atoms with E-state index >= 15 is 0 Å². The molecule has 1 amide bonds. The Morgan fingerprint density at radius 1 is 1.38 bits per heavy atom. The first-order valence-electron chi connectivity index (χ1n) is 8.03. The number of hydrogen-bond acceptors (Lipinski definition) is 4. The van der Waals surface area contributed by atoms with Crippen molar-refractivity contribution >= 4 is 27.9 Å². The van der Waals surface area contributed by atoms with E-state index in [4.69, 9.17) is 0 Å². The molecule has 0 saturated carbocycles. The third-order valence-electron chi connectivity index (χ3n) is 3.92. The Morgan fingerprint density at radius 3 is 2.96 bits per heavy atom. The van der Waals surface area contributed by atoms with Crippen molar-refractivity contribution in [1.82, 2.24) is 14.7 Å². The molecule has 0 aliphatic rings. The molecule has 3 aromatic rings. The highest BCUT2D eigenvalue weighted by Gasteiger charge is 2.11. The number of imidazole rings is 1. The second-order valence-electron chi connectivity index (χ2n) is 6.18. The van der Waals surface area contributed by atoms with Crippen LogP contribution in [0.1, 0.15) is 30.2 Å². The molecule has 1 atom stereocenters. The zero-order valence-electron chi connectivity index (χ0n) is 14.2. The van der Waals surface area contributed by atoms with Crippen molar-refractivity contribution in [3.05, 3.63) is 52.8 Å². The first kappa shape index (κ1) is 16.7. The lowest BCUT2D eigenvalue weighted by Crippen LogP contribution is -2.30. The highest BCUT2D eigenvalue weighted by atomic mass is 32.1. The molecule has 0 unspecified atom stereocenters. The molecule has 5 nitrogen and oxygen atoms in total. The standard InChI is InChI=1S/C18H22N4OS/c1-12-4-5-16(13(2)8-12)21-17(23)9-14(3)19-10-15-11-22-6-7-24-18(22)20-15/h4-8,11,14,19H,9-10H2,1-3H3,(H,21,23)/t14-/m1/s1. The minimum Gasteiger partial charge on any atom is -0.326 e. The van der Waals surface area contributed by atoms with Crippen LogP contribution in [0.25, 0.3) is 4.96 Å². The Labute approximate surface area is 145 Å². The van der Waals surface area contributed by atoms with Crippen LogP contribution in [0.5, 0.6) is 0 Å². The number of anilines is 1. The van der Waals surface area contributed by atoms with Crippen molar-refractivity contribution in [1.29, 1.82) is 0 Å². The molecule has 6 heteroatoms. The third kappa shape index (κ3) is 4.01. The van der Waals surface area contributed by atoms with Gasteiger partial charge in [-0.25, -0.2) is 4.98 Å². The van der Waals surface area contributed by atoms with Crippen molar-refractivity contribution in [2.24, 2.45) is 0 Å². The van der Waals surface area contributed by atoms with Crippen molar-refractivity contribution in [2.45, 2.75) is 39.8 Å². The van der Waals surface area contributed by atoms with Crippen molar-refractivity contribution in [3.63, 3.8) is 0 Å². The van der Waals surface area contributed by atoms with E-state index < -0.39 is 0 Å². The highest BCUT2D eigenvalue weighted by molar-refractivity contribution is 7.15. The minimum atomic E-state index is 0.0211. The van der Waals surface area contributed by atoms with E-state index in [9.17, 15) is 4.79 Å². The van der Waals surface area contributed by atoms with Crippen LogP contribution in [0, 0.1) is 13.8 Å². The second-order valence-corrected chi connectivity index (χ2v) is 7.05. The predicted octanol–water partition coefficient (Wildman–Crippen LogP) is 3.52. The molecule has 0 fully saturated rings. The molecule has 1 aromatic carbocycles. The molecule has 2 aromatic heterocycles. The molecule has 0 aliphatic carbocycles. The van der Waals surface area contributed by atoms with Gasteiger partial charge < -0.3 is 10.6 Å². The summed E-state index contributed by atoms with van der Waals surface area (Å²) < 4.78 is 2.01. The molecule has 0 saturated heterocycles. The largest absolute Gasteiger partial charge is 0.326 e. The first-order chi connectivity index (χ1) is 11.5. The van der Waals surface area contributed by atoms with E-state index in [1.165, 1.54) is 5.56 Å². The van der Waals surface area contributed by atoms with Crippen LogP contribution in [0.2, 0.25) is 0 Å². The molecule has 2 N–H and O–H groups in total. The summed E-state index contributed by atoms with van der Waals surface area (Å²) in [6, 6.07) is 6.12. The lowest BCUT2D eigenvalue weighted by Gasteiger charge is -2.14. The van der Waals surface area contributed by atoms with E-state index in [0.717, 1.165) is 21.9 Å². The van der Waals surface area contributed by atoms with Gasteiger partial charge in [0.2, 0.25) is 5.91 Å². The Morgan fingerprint density at radius 2 is 2.21 bits per heavy atom. The monoisotopic (exact) mass is 342 g/mol. The molecule has 3 rings (SSSR count). The molecule has 2 heterocycles. The number of amides is 1. The summed E-state index contributed by atoms with van der Waals surface area (Å²) in [6.07, 6.45) is 4.44. The zero-order chi connectivity index (χ0) is 17.1. The lowest BCUT2D eigenvalue weighted by molar-refractivity contribution is -0.116. The number of nitrogens with zero attached hydrogens (tertiary/aromatic N) is 2. The fraction of sp³-hybridized carbons (Fsp3) is 0.333. The van der Waals surface area contributed by atoms with Gasteiger partial charge in [0, 0.05) is 42.5 Å². The SMILES string of the molecule is Cc1ccc(NC(=O)C[C@@H](C)NCc2cn3ccsc3n2)c(C)c1. The summed E-state index contributed by atoms with van der Waals surface area (Å²) in [5.41, 5.74) is 4.15. The summed E-state index contributed by atoms with van der Waals surface area (Å²) in [4.78, 5) is 17.7. The van der Waals surface area contributed by atoms with Crippen molar-refractivity contribution < 1.29 is 4.79 Å². The van der Waals surface area contributed by atoms with Crippen molar-refractivity contribution in [3.8, 4) is 0 Å². The van der Waals surface area contributed by atoms with Gasteiger partial charge in [-0.15, -0.1) is 11.3 Å². The molecule has 126 valence electrons. The number of benzene rings is 1. The molecular weight excluding hydrogens is 320 g/mol. The van der Waals surface area contributed by atoms with Gasteiger partial charge in [0.15, 0.2) is 4.96 Å². The Balaban J connectivity index is 1.49. The number of rotatable bonds is 6. The Kier molecular flexibility index (Phi) is 4.97. The van der Waals surface area contributed by atoms with Crippen LogP contribution in [0.3, 0.4) is 0 Å². The Hall–Kier alpha value is -2.18. The summed E-state index contributed by atoms with van der Waals surface area (Å²) in [5.74, 6) is 0.0211. The maximum atomic E-state index is 12.2. The number of thiazole rings is 1. The van der Waals surface area contributed by atoms with E-state index in [1.807, 2.05) is 55.1 Å². The molecule has 24 heavy (non-hydrogen) atoms. The summed E-state index contributed by atoms with van der Waals surface area (Å²) in [5, 5.41) is 8.36. The maximum Gasteiger partial charge on any atom is 0.225 e. The summed E-state index contributed by atoms with van der Waals surface area (Å²) in [6.45, 7) is 6.73. The first-order valence-corrected chi connectivity index (χ1v) is 8.91. The van der Waals surface area contributed by atoms with Gasteiger partial charge in [-0.2, -0.15) is 0 Å². The topological polar surface area (TPSA) is 58.4 Å². The maximum absolute atomic E-state index is 12.2. The van der Waals surface area contributed by atoms with Crippen LogP contribution in [-0.2, 0) is 11.3 Å². The normalized spacial score (nSPS) is 12.5. The van der Waals surface area contributed by atoms with Gasteiger partial charge in [0.25, 0.3) is 0 Å². The quantitative estimate of drug-likeness (QED) is 0.720. The zero-order valence-corrected chi connectivity index (χ0v) is 15.0. The van der Waals surface area contributed by atoms with Crippen LogP contribution < -0.4 is 10.6 Å². The van der Waals surface area contributed by atoms with Gasteiger partial charge in [-0.1, -0.05) is 17.7 Å². The highest BCUT2D eigenvalue weighted by Crippen LogP contribution is 2.16. The van der Waals surface area contributed by atoms with Gasteiger partial charge in [-0.3, -0.25) is 9.20 Å². The van der Waals surface area contributed by atoms with E-state index in [0.29, 0.717) is 13.0 Å². The number of aryl methyl sites for hydroxylation is 2. The van der Waals surface area contributed by atoms with E-state index in [1.54, 1.807) is 11.3 Å². The lowest BCUT2D eigenvalue weighted by atomic mass is 10.1.